The number of benzene rings is 1. The molecule has 2 aromatic heterocycles. The molecule has 0 saturated heterocycles. The SMILES string of the molecule is CCCc1nc2scc(-c3ccc(C)cc3)c2c(=O)n1CCC(C)=O. The summed E-state index contributed by atoms with van der Waals surface area (Å²) >= 11 is 1.51. The van der Waals surface area contributed by atoms with E-state index in [0.29, 0.717) is 18.4 Å². The highest BCUT2D eigenvalue weighted by atomic mass is 32.1. The van der Waals surface area contributed by atoms with Crippen molar-refractivity contribution in [3.05, 3.63) is 51.4 Å². The number of aromatic nitrogens is 2. The molecule has 0 atom stereocenters. The van der Waals surface area contributed by atoms with E-state index in [1.54, 1.807) is 11.5 Å². The maximum Gasteiger partial charge on any atom is 0.262 e. The Morgan fingerprint density at radius 1 is 1.24 bits per heavy atom. The number of hydrogen-bond acceptors (Lipinski definition) is 4. The lowest BCUT2D eigenvalue weighted by molar-refractivity contribution is -0.117. The molecule has 1 aromatic carbocycles. The van der Waals surface area contributed by atoms with Crippen molar-refractivity contribution in [3.8, 4) is 11.1 Å². The Bertz CT molecular complexity index is 968. The fourth-order valence-corrected chi connectivity index (χ4v) is 3.88. The lowest BCUT2D eigenvalue weighted by Crippen LogP contribution is -2.26. The average molecular weight is 354 g/mol. The Kier molecular flexibility index (Phi) is 5.13. The molecule has 0 bridgehead atoms. The van der Waals surface area contributed by atoms with Crippen LogP contribution in [0.3, 0.4) is 0 Å². The van der Waals surface area contributed by atoms with E-state index in [-0.39, 0.29) is 11.3 Å². The Morgan fingerprint density at radius 3 is 2.60 bits per heavy atom. The van der Waals surface area contributed by atoms with Crippen LogP contribution in [0, 0.1) is 6.92 Å². The van der Waals surface area contributed by atoms with Gasteiger partial charge in [-0.3, -0.25) is 14.2 Å². The fourth-order valence-electron chi connectivity index (χ4n) is 2.93. The minimum atomic E-state index is -0.0356. The molecule has 4 nitrogen and oxygen atoms in total. The Labute approximate surface area is 151 Å². The van der Waals surface area contributed by atoms with Gasteiger partial charge in [0.1, 0.15) is 16.4 Å². The Hall–Kier alpha value is -2.27. The van der Waals surface area contributed by atoms with Gasteiger partial charge >= 0.3 is 0 Å². The van der Waals surface area contributed by atoms with Crippen LogP contribution < -0.4 is 5.56 Å². The zero-order valence-electron chi connectivity index (χ0n) is 14.8. The van der Waals surface area contributed by atoms with Gasteiger partial charge in [0.25, 0.3) is 5.56 Å². The summed E-state index contributed by atoms with van der Waals surface area (Å²) in [5, 5.41) is 2.67. The number of fused-ring (bicyclic) bond motifs is 1. The first-order valence-electron chi connectivity index (χ1n) is 8.58. The fraction of sp³-hybridized carbons (Fsp3) is 0.350. The van der Waals surface area contributed by atoms with Crippen molar-refractivity contribution in [2.75, 3.05) is 0 Å². The van der Waals surface area contributed by atoms with Crippen LogP contribution in [0.2, 0.25) is 0 Å². The maximum absolute atomic E-state index is 13.2. The first-order valence-corrected chi connectivity index (χ1v) is 9.46. The van der Waals surface area contributed by atoms with Gasteiger partial charge < -0.3 is 0 Å². The predicted octanol–water partition coefficient (Wildman–Crippen LogP) is 4.37. The number of ketones is 1. The third kappa shape index (κ3) is 3.56. The molecular weight excluding hydrogens is 332 g/mol. The van der Waals surface area contributed by atoms with Crippen LogP contribution in [0.4, 0.5) is 0 Å². The molecule has 0 aliphatic carbocycles. The minimum Gasteiger partial charge on any atom is -0.300 e. The number of aryl methyl sites for hydroxylation is 2. The summed E-state index contributed by atoms with van der Waals surface area (Å²) in [7, 11) is 0. The number of carbonyl (C=O) groups is 1. The van der Waals surface area contributed by atoms with Gasteiger partial charge in [-0.1, -0.05) is 36.8 Å². The van der Waals surface area contributed by atoms with Crippen molar-refractivity contribution in [1.29, 1.82) is 0 Å². The van der Waals surface area contributed by atoms with Gasteiger partial charge in [-0.15, -0.1) is 11.3 Å². The molecule has 0 radical (unpaired) electrons. The van der Waals surface area contributed by atoms with Crippen LogP contribution in [0.15, 0.2) is 34.4 Å². The molecule has 0 fully saturated rings. The highest BCUT2D eigenvalue weighted by Gasteiger charge is 2.17. The second-order valence-electron chi connectivity index (χ2n) is 6.38. The van der Waals surface area contributed by atoms with Crippen molar-refractivity contribution >= 4 is 27.3 Å². The zero-order valence-corrected chi connectivity index (χ0v) is 15.7. The van der Waals surface area contributed by atoms with Crippen LogP contribution in [-0.2, 0) is 17.8 Å². The number of rotatable bonds is 6. The summed E-state index contributed by atoms with van der Waals surface area (Å²) < 4.78 is 1.69. The predicted molar refractivity (Wildman–Crippen MR) is 103 cm³/mol. The molecule has 0 spiro atoms. The second-order valence-corrected chi connectivity index (χ2v) is 7.24. The lowest BCUT2D eigenvalue weighted by atomic mass is 10.0. The second kappa shape index (κ2) is 7.31. The normalized spacial score (nSPS) is 11.2. The molecule has 5 heteroatoms. The van der Waals surface area contributed by atoms with Crippen LogP contribution in [0.5, 0.6) is 0 Å². The van der Waals surface area contributed by atoms with Crippen LogP contribution in [0.1, 0.15) is 38.1 Å². The van der Waals surface area contributed by atoms with Crippen molar-refractivity contribution in [2.24, 2.45) is 0 Å². The summed E-state index contributed by atoms with van der Waals surface area (Å²) in [5.41, 5.74) is 3.10. The molecule has 0 unspecified atom stereocenters. The van der Waals surface area contributed by atoms with E-state index in [2.05, 4.69) is 6.92 Å². The molecule has 130 valence electrons. The molecule has 3 aromatic rings. The number of Topliss-reactive ketones (excluding diaryl/α,β-unsaturated/α-hetero) is 1. The van der Waals surface area contributed by atoms with E-state index >= 15 is 0 Å². The maximum atomic E-state index is 13.2. The van der Waals surface area contributed by atoms with Gasteiger partial charge in [-0.05, 0) is 25.8 Å². The Morgan fingerprint density at radius 2 is 1.96 bits per heavy atom. The van der Waals surface area contributed by atoms with Crippen molar-refractivity contribution < 1.29 is 4.79 Å². The van der Waals surface area contributed by atoms with E-state index in [9.17, 15) is 9.59 Å². The Balaban J connectivity index is 2.19. The first-order chi connectivity index (χ1) is 12.0. The highest BCUT2D eigenvalue weighted by Crippen LogP contribution is 2.31. The first kappa shape index (κ1) is 17.5. The number of carbonyl (C=O) groups excluding carboxylic acids is 1. The van der Waals surface area contributed by atoms with E-state index in [4.69, 9.17) is 4.98 Å². The minimum absolute atomic E-state index is 0.0356. The molecule has 2 heterocycles. The van der Waals surface area contributed by atoms with Crippen molar-refractivity contribution in [2.45, 2.75) is 46.6 Å². The van der Waals surface area contributed by atoms with Gasteiger partial charge in [0, 0.05) is 30.3 Å². The zero-order chi connectivity index (χ0) is 18.0. The van der Waals surface area contributed by atoms with E-state index in [1.807, 2.05) is 36.6 Å². The third-order valence-electron chi connectivity index (χ3n) is 4.30. The van der Waals surface area contributed by atoms with Crippen molar-refractivity contribution in [3.63, 3.8) is 0 Å². The largest absolute Gasteiger partial charge is 0.300 e. The van der Waals surface area contributed by atoms with E-state index < -0.39 is 0 Å². The lowest BCUT2D eigenvalue weighted by Gasteiger charge is -2.11. The molecule has 0 aliphatic rings. The van der Waals surface area contributed by atoms with Gasteiger partial charge in [-0.25, -0.2) is 4.98 Å². The third-order valence-corrected chi connectivity index (χ3v) is 5.17. The summed E-state index contributed by atoms with van der Waals surface area (Å²) in [6.07, 6.45) is 2.00. The molecule has 0 aliphatic heterocycles. The van der Waals surface area contributed by atoms with Crippen LogP contribution in [0.25, 0.3) is 21.3 Å². The molecular formula is C20H22N2O2S. The van der Waals surface area contributed by atoms with Crippen LogP contribution >= 0.6 is 11.3 Å². The quantitative estimate of drug-likeness (QED) is 0.661. The van der Waals surface area contributed by atoms with E-state index in [0.717, 1.165) is 34.6 Å². The molecule has 0 saturated carbocycles. The van der Waals surface area contributed by atoms with Crippen LogP contribution in [-0.4, -0.2) is 15.3 Å². The molecule has 3 rings (SSSR count). The summed E-state index contributed by atoms with van der Waals surface area (Å²) in [4.78, 5) is 30.1. The average Bonchev–Trinajstić information content (AvgIpc) is 2.99. The monoisotopic (exact) mass is 354 g/mol. The van der Waals surface area contributed by atoms with E-state index in [1.165, 1.54) is 16.9 Å². The smallest absolute Gasteiger partial charge is 0.262 e. The standard InChI is InChI=1S/C20H22N2O2S/c1-4-5-17-21-19-18(20(24)22(17)11-10-14(3)23)16(12-25-19)15-8-6-13(2)7-9-15/h6-9,12H,4-5,10-11H2,1-3H3. The number of nitrogens with zero attached hydrogens (tertiary/aromatic N) is 2. The highest BCUT2D eigenvalue weighted by molar-refractivity contribution is 7.17. The van der Waals surface area contributed by atoms with Gasteiger partial charge in [0.05, 0.1) is 5.39 Å². The van der Waals surface area contributed by atoms with Crippen molar-refractivity contribution in [1.82, 2.24) is 9.55 Å². The number of thiophene rings is 1. The summed E-state index contributed by atoms with van der Waals surface area (Å²) in [6.45, 7) is 6.06. The topological polar surface area (TPSA) is 52.0 Å². The van der Waals surface area contributed by atoms with Gasteiger partial charge in [0.15, 0.2) is 0 Å². The molecule has 0 N–H and O–H groups in total. The number of hydrogen-bond donors (Lipinski definition) is 0. The van der Waals surface area contributed by atoms with Gasteiger partial charge in [0.2, 0.25) is 0 Å². The molecule has 0 amide bonds. The summed E-state index contributed by atoms with van der Waals surface area (Å²) in [5.74, 6) is 0.858. The summed E-state index contributed by atoms with van der Waals surface area (Å²) in [6, 6.07) is 8.17. The van der Waals surface area contributed by atoms with Gasteiger partial charge in [-0.2, -0.15) is 0 Å². The molecule has 25 heavy (non-hydrogen) atoms.